The molecule has 1 unspecified atom stereocenters. The number of nitrogens with zero attached hydrogens (tertiary/aromatic N) is 1. The molecule has 0 radical (unpaired) electrons. The van der Waals surface area contributed by atoms with Crippen molar-refractivity contribution < 1.29 is 14.3 Å². The maximum atomic E-state index is 11.9. The molecule has 0 bridgehead atoms. The van der Waals surface area contributed by atoms with E-state index in [1.54, 1.807) is 4.90 Å². The fraction of sp³-hybridized carbons (Fsp3) is 0.417. The fourth-order valence-electron chi connectivity index (χ4n) is 2.21. The first kappa shape index (κ1) is 10.8. The van der Waals surface area contributed by atoms with Crippen LogP contribution in [0.4, 0.5) is 5.69 Å². The second kappa shape index (κ2) is 4.14. The molecular weight excluding hydrogens is 238 g/mol. The van der Waals surface area contributed by atoms with Crippen molar-refractivity contribution in [1.29, 1.82) is 0 Å². The largest absolute Gasteiger partial charge is 0.454 e. The first-order valence-corrected chi connectivity index (χ1v) is 6.22. The summed E-state index contributed by atoms with van der Waals surface area (Å²) in [6.07, 6.45) is 0.581. The van der Waals surface area contributed by atoms with Gasteiger partial charge in [0.1, 0.15) is 0 Å². The number of hydrogen-bond donors (Lipinski definition) is 1. The standard InChI is InChI=1S/C12H13NO3S/c14-12-3-8(6-17)5-13(12)9-1-2-10-11(4-9)16-7-15-10/h1-2,4,8,17H,3,5-7H2. The van der Waals surface area contributed by atoms with Crippen molar-refractivity contribution in [3.63, 3.8) is 0 Å². The zero-order chi connectivity index (χ0) is 11.8. The second-order valence-electron chi connectivity index (χ2n) is 4.29. The van der Waals surface area contributed by atoms with Crippen molar-refractivity contribution in [2.45, 2.75) is 6.42 Å². The van der Waals surface area contributed by atoms with E-state index in [0.717, 1.165) is 23.7 Å². The highest BCUT2D eigenvalue weighted by Gasteiger charge is 2.30. The summed E-state index contributed by atoms with van der Waals surface area (Å²) in [5.74, 6) is 2.70. The topological polar surface area (TPSA) is 38.8 Å². The number of fused-ring (bicyclic) bond motifs is 1. The summed E-state index contributed by atoms with van der Waals surface area (Å²) in [4.78, 5) is 13.7. The lowest BCUT2D eigenvalue weighted by atomic mass is 10.1. The van der Waals surface area contributed by atoms with Crippen LogP contribution in [0.3, 0.4) is 0 Å². The quantitative estimate of drug-likeness (QED) is 0.813. The summed E-state index contributed by atoms with van der Waals surface area (Å²) < 4.78 is 10.6. The van der Waals surface area contributed by atoms with Crippen molar-refractivity contribution >= 4 is 24.2 Å². The molecule has 1 amide bonds. The molecule has 0 N–H and O–H groups in total. The third kappa shape index (κ3) is 1.84. The lowest BCUT2D eigenvalue weighted by Gasteiger charge is -2.16. The third-order valence-corrected chi connectivity index (χ3v) is 3.65. The Labute approximate surface area is 105 Å². The predicted octanol–water partition coefficient (Wildman–Crippen LogP) is 1.70. The van der Waals surface area contributed by atoms with Crippen LogP contribution in [-0.4, -0.2) is 25.0 Å². The number of carbonyl (C=O) groups is 1. The van der Waals surface area contributed by atoms with Gasteiger partial charge in [0.2, 0.25) is 12.7 Å². The smallest absolute Gasteiger partial charge is 0.231 e. The lowest BCUT2D eigenvalue weighted by molar-refractivity contribution is -0.117. The highest BCUT2D eigenvalue weighted by atomic mass is 32.1. The fourth-order valence-corrected chi connectivity index (χ4v) is 2.45. The van der Waals surface area contributed by atoms with Crippen LogP contribution in [0, 0.1) is 5.92 Å². The zero-order valence-corrected chi connectivity index (χ0v) is 10.2. The van der Waals surface area contributed by atoms with Gasteiger partial charge < -0.3 is 14.4 Å². The van der Waals surface area contributed by atoms with E-state index < -0.39 is 0 Å². The van der Waals surface area contributed by atoms with Crippen molar-refractivity contribution in [2.24, 2.45) is 5.92 Å². The molecule has 4 nitrogen and oxygen atoms in total. The Bertz CT molecular complexity index is 463. The van der Waals surface area contributed by atoms with Gasteiger partial charge in [0.05, 0.1) is 0 Å². The van der Waals surface area contributed by atoms with E-state index in [-0.39, 0.29) is 12.7 Å². The van der Waals surface area contributed by atoms with Gasteiger partial charge in [-0.05, 0) is 23.8 Å². The van der Waals surface area contributed by atoms with Crippen LogP contribution in [0.1, 0.15) is 6.42 Å². The van der Waals surface area contributed by atoms with E-state index in [4.69, 9.17) is 9.47 Å². The highest BCUT2D eigenvalue weighted by Crippen LogP contribution is 2.37. The Balaban J connectivity index is 1.87. The number of rotatable bonds is 2. The van der Waals surface area contributed by atoms with E-state index in [2.05, 4.69) is 12.6 Å². The number of amides is 1. The molecule has 0 spiro atoms. The number of anilines is 1. The molecule has 0 saturated carbocycles. The number of ether oxygens (including phenoxy) is 2. The molecule has 2 aliphatic heterocycles. The third-order valence-electron chi connectivity index (χ3n) is 3.13. The molecule has 2 aliphatic rings. The van der Waals surface area contributed by atoms with Crippen molar-refractivity contribution in [3.05, 3.63) is 18.2 Å². The minimum Gasteiger partial charge on any atom is -0.454 e. The molecule has 1 aromatic rings. The van der Waals surface area contributed by atoms with Gasteiger partial charge in [0.15, 0.2) is 11.5 Å². The first-order chi connectivity index (χ1) is 8.28. The Morgan fingerprint density at radius 2 is 2.18 bits per heavy atom. The van der Waals surface area contributed by atoms with Gasteiger partial charge in [-0.25, -0.2) is 0 Å². The highest BCUT2D eigenvalue weighted by molar-refractivity contribution is 7.80. The van der Waals surface area contributed by atoms with Gasteiger partial charge in [-0.3, -0.25) is 4.79 Å². The monoisotopic (exact) mass is 251 g/mol. The summed E-state index contributed by atoms with van der Waals surface area (Å²) in [5, 5.41) is 0. The van der Waals surface area contributed by atoms with E-state index >= 15 is 0 Å². The molecule has 5 heteroatoms. The molecule has 17 heavy (non-hydrogen) atoms. The maximum Gasteiger partial charge on any atom is 0.231 e. The van der Waals surface area contributed by atoms with Gasteiger partial charge in [0.25, 0.3) is 0 Å². The van der Waals surface area contributed by atoms with Crippen molar-refractivity contribution in [3.8, 4) is 11.5 Å². The maximum absolute atomic E-state index is 11.9. The van der Waals surface area contributed by atoms with Gasteiger partial charge in [-0.2, -0.15) is 12.6 Å². The summed E-state index contributed by atoms with van der Waals surface area (Å²) in [6, 6.07) is 5.60. The van der Waals surface area contributed by atoms with E-state index in [1.165, 1.54) is 0 Å². The summed E-state index contributed by atoms with van der Waals surface area (Å²) >= 11 is 4.25. The second-order valence-corrected chi connectivity index (χ2v) is 4.66. The van der Waals surface area contributed by atoms with Crippen LogP contribution >= 0.6 is 12.6 Å². The van der Waals surface area contributed by atoms with Gasteiger partial charge in [-0.15, -0.1) is 0 Å². The van der Waals surface area contributed by atoms with Gasteiger partial charge in [-0.1, -0.05) is 0 Å². The Morgan fingerprint density at radius 3 is 2.94 bits per heavy atom. The Hall–Kier alpha value is -1.36. The van der Waals surface area contributed by atoms with Crippen LogP contribution in [0.15, 0.2) is 18.2 Å². The molecular formula is C12H13NO3S. The van der Waals surface area contributed by atoms with E-state index in [0.29, 0.717) is 18.1 Å². The van der Waals surface area contributed by atoms with Gasteiger partial charge in [0, 0.05) is 24.7 Å². The normalized spacial score (nSPS) is 22.3. The average Bonchev–Trinajstić information content (AvgIpc) is 2.93. The molecule has 1 fully saturated rings. The summed E-state index contributed by atoms with van der Waals surface area (Å²) in [5.41, 5.74) is 0.878. The van der Waals surface area contributed by atoms with Gasteiger partial charge >= 0.3 is 0 Å². The molecule has 1 aromatic carbocycles. The molecule has 0 aliphatic carbocycles. The minimum atomic E-state index is 0.155. The molecule has 3 rings (SSSR count). The Morgan fingerprint density at radius 1 is 1.35 bits per heavy atom. The lowest BCUT2D eigenvalue weighted by Crippen LogP contribution is -2.24. The minimum absolute atomic E-state index is 0.155. The molecule has 0 aromatic heterocycles. The SMILES string of the molecule is O=C1CC(CS)CN1c1ccc2c(c1)OCO2. The van der Waals surface area contributed by atoms with Crippen LogP contribution in [0.5, 0.6) is 11.5 Å². The number of hydrogen-bond acceptors (Lipinski definition) is 4. The number of thiol groups is 1. The van der Waals surface area contributed by atoms with Crippen LogP contribution in [0.2, 0.25) is 0 Å². The van der Waals surface area contributed by atoms with Crippen LogP contribution in [-0.2, 0) is 4.79 Å². The van der Waals surface area contributed by atoms with Crippen molar-refractivity contribution in [1.82, 2.24) is 0 Å². The molecule has 90 valence electrons. The zero-order valence-electron chi connectivity index (χ0n) is 9.26. The molecule has 1 saturated heterocycles. The predicted molar refractivity (Wildman–Crippen MR) is 66.9 cm³/mol. The first-order valence-electron chi connectivity index (χ1n) is 5.59. The van der Waals surface area contributed by atoms with E-state index in [9.17, 15) is 4.79 Å². The van der Waals surface area contributed by atoms with Crippen molar-refractivity contribution in [2.75, 3.05) is 24.0 Å². The number of carbonyl (C=O) groups excluding carboxylic acids is 1. The Kier molecular flexibility index (Phi) is 2.63. The van der Waals surface area contributed by atoms with E-state index in [1.807, 2.05) is 18.2 Å². The molecule has 2 heterocycles. The number of benzene rings is 1. The summed E-state index contributed by atoms with van der Waals surface area (Å²) in [6.45, 7) is 0.994. The van der Waals surface area contributed by atoms with Crippen LogP contribution in [0.25, 0.3) is 0 Å². The van der Waals surface area contributed by atoms with Crippen LogP contribution < -0.4 is 14.4 Å². The summed E-state index contributed by atoms with van der Waals surface area (Å²) in [7, 11) is 0. The average molecular weight is 251 g/mol. The molecule has 1 atom stereocenters.